The lowest BCUT2D eigenvalue weighted by Crippen LogP contribution is -2.28. The second-order valence-electron chi connectivity index (χ2n) is 4.69. The van der Waals surface area contributed by atoms with Crippen LogP contribution in [0.4, 0.5) is 0 Å². The Balaban J connectivity index is 1.77. The number of nitrogens with one attached hydrogen (secondary N) is 1. The largest absolute Gasteiger partial charge is 0.312 e. The third kappa shape index (κ3) is 4.57. The molecule has 17 heavy (non-hydrogen) atoms. The lowest BCUT2D eigenvalue weighted by Gasteiger charge is -2.21. The first kappa shape index (κ1) is 13.3. The third-order valence-corrected chi connectivity index (χ3v) is 5.71. The monoisotopic (exact) mass is 267 g/mol. The molecule has 1 aromatic rings. The Morgan fingerprint density at radius 3 is 2.59 bits per heavy atom. The second kappa shape index (κ2) is 6.72. The predicted molar refractivity (Wildman–Crippen MR) is 81.2 cm³/mol. The van der Waals surface area contributed by atoms with Gasteiger partial charge in [-0.2, -0.15) is 23.5 Å². The molecule has 94 valence electrons. The molecular formula is C14H21NS2. The second-order valence-corrected chi connectivity index (χ2v) is 7.25. The van der Waals surface area contributed by atoms with Gasteiger partial charge in [0.1, 0.15) is 0 Å². The highest BCUT2D eigenvalue weighted by Gasteiger charge is 2.13. The van der Waals surface area contributed by atoms with Crippen molar-refractivity contribution in [3.8, 4) is 0 Å². The van der Waals surface area contributed by atoms with Crippen LogP contribution in [0.15, 0.2) is 18.2 Å². The van der Waals surface area contributed by atoms with Crippen LogP contribution in [0.2, 0.25) is 0 Å². The molecule has 0 aromatic heterocycles. The fourth-order valence-electron chi connectivity index (χ4n) is 2.20. The van der Waals surface area contributed by atoms with Gasteiger partial charge in [0, 0.05) is 35.6 Å². The van der Waals surface area contributed by atoms with Gasteiger partial charge in [0.05, 0.1) is 0 Å². The standard InChI is InChI=1S/C14H21NS2/c1-11-5-12(2)7-13(6-11)8-15-9-14-10-16-3-4-17-14/h5-7,14-15H,3-4,8-10H2,1-2H3. The minimum Gasteiger partial charge on any atom is -0.312 e. The van der Waals surface area contributed by atoms with Crippen molar-refractivity contribution in [2.75, 3.05) is 23.8 Å². The summed E-state index contributed by atoms with van der Waals surface area (Å²) in [6.45, 7) is 6.49. The van der Waals surface area contributed by atoms with E-state index in [1.807, 2.05) is 0 Å². The van der Waals surface area contributed by atoms with Gasteiger partial charge in [0.25, 0.3) is 0 Å². The normalized spacial score (nSPS) is 20.5. The van der Waals surface area contributed by atoms with E-state index < -0.39 is 0 Å². The Morgan fingerprint density at radius 2 is 1.94 bits per heavy atom. The van der Waals surface area contributed by atoms with Gasteiger partial charge in [-0.15, -0.1) is 0 Å². The fourth-order valence-corrected chi connectivity index (χ4v) is 4.85. The van der Waals surface area contributed by atoms with E-state index in [2.05, 4.69) is 60.9 Å². The van der Waals surface area contributed by atoms with Gasteiger partial charge >= 0.3 is 0 Å². The first-order valence-corrected chi connectivity index (χ1v) is 8.41. The highest BCUT2D eigenvalue weighted by Crippen LogP contribution is 2.23. The zero-order chi connectivity index (χ0) is 12.1. The summed E-state index contributed by atoms with van der Waals surface area (Å²) in [5, 5.41) is 4.40. The molecule has 0 radical (unpaired) electrons. The molecule has 1 aliphatic rings. The molecule has 3 heteroatoms. The van der Waals surface area contributed by atoms with Gasteiger partial charge in [0.2, 0.25) is 0 Å². The Morgan fingerprint density at radius 1 is 1.18 bits per heavy atom. The molecule has 1 saturated heterocycles. The van der Waals surface area contributed by atoms with E-state index in [0.717, 1.165) is 18.3 Å². The molecule has 1 atom stereocenters. The molecule has 0 saturated carbocycles. The maximum Gasteiger partial charge on any atom is 0.0263 e. The summed E-state index contributed by atoms with van der Waals surface area (Å²) in [6.07, 6.45) is 0. The topological polar surface area (TPSA) is 12.0 Å². The molecular weight excluding hydrogens is 246 g/mol. The maximum absolute atomic E-state index is 3.59. The molecule has 0 spiro atoms. The zero-order valence-corrected chi connectivity index (χ0v) is 12.3. The van der Waals surface area contributed by atoms with E-state index in [-0.39, 0.29) is 0 Å². The molecule has 1 aromatic carbocycles. The van der Waals surface area contributed by atoms with Crippen molar-refractivity contribution >= 4 is 23.5 Å². The van der Waals surface area contributed by atoms with Gasteiger partial charge in [-0.1, -0.05) is 29.3 Å². The number of rotatable bonds is 4. The van der Waals surface area contributed by atoms with Crippen LogP contribution < -0.4 is 5.32 Å². The van der Waals surface area contributed by atoms with E-state index in [4.69, 9.17) is 0 Å². The van der Waals surface area contributed by atoms with E-state index in [9.17, 15) is 0 Å². The van der Waals surface area contributed by atoms with Crippen LogP contribution in [0.1, 0.15) is 16.7 Å². The summed E-state index contributed by atoms with van der Waals surface area (Å²) in [7, 11) is 0. The Kier molecular flexibility index (Phi) is 5.26. The fraction of sp³-hybridized carbons (Fsp3) is 0.571. The van der Waals surface area contributed by atoms with Crippen LogP contribution in [0.5, 0.6) is 0 Å². The lowest BCUT2D eigenvalue weighted by molar-refractivity contribution is 0.685. The van der Waals surface area contributed by atoms with E-state index in [1.54, 1.807) is 0 Å². The smallest absolute Gasteiger partial charge is 0.0263 e. The van der Waals surface area contributed by atoms with Gasteiger partial charge in [0.15, 0.2) is 0 Å². The number of hydrogen-bond donors (Lipinski definition) is 1. The van der Waals surface area contributed by atoms with Gasteiger partial charge in [-0.05, 0) is 19.4 Å². The van der Waals surface area contributed by atoms with Gasteiger partial charge < -0.3 is 5.32 Å². The lowest BCUT2D eigenvalue weighted by atomic mass is 10.1. The van der Waals surface area contributed by atoms with E-state index >= 15 is 0 Å². The zero-order valence-electron chi connectivity index (χ0n) is 10.7. The first-order valence-electron chi connectivity index (χ1n) is 6.21. The maximum atomic E-state index is 3.59. The highest BCUT2D eigenvalue weighted by atomic mass is 32.2. The number of aryl methyl sites for hydroxylation is 2. The number of thioether (sulfide) groups is 2. The molecule has 1 heterocycles. The van der Waals surface area contributed by atoms with Crippen molar-refractivity contribution in [3.05, 3.63) is 34.9 Å². The minimum atomic E-state index is 0.805. The molecule has 2 rings (SSSR count). The number of benzene rings is 1. The van der Waals surface area contributed by atoms with Crippen LogP contribution in [0.3, 0.4) is 0 Å². The van der Waals surface area contributed by atoms with Crippen molar-refractivity contribution in [3.63, 3.8) is 0 Å². The van der Waals surface area contributed by atoms with Crippen LogP contribution in [-0.4, -0.2) is 29.1 Å². The van der Waals surface area contributed by atoms with Crippen LogP contribution in [0.25, 0.3) is 0 Å². The van der Waals surface area contributed by atoms with Gasteiger partial charge in [-0.25, -0.2) is 0 Å². The molecule has 1 fully saturated rings. The van der Waals surface area contributed by atoms with Crippen molar-refractivity contribution < 1.29 is 0 Å². The van der Waals surface area contributed by atoms with Crippen molar-refractivity contribution in [2.24, 2.45) is 0 Å². The molecule has 1 nitrogen and oxygen atoms in total. The highest BCUT2D eigenvalue weighted by molar-refractivity contribution is 8.06. The molecule has 1 aliphatic heterocycles. The molecule has 1 unspecified atom stereocenters. The van der Waals surface area contributed by atoms with Crippen molar-refractivity contribution in [1.82, 2.24) is 5.32 Å². The summed E-state index contributed by atoms with van der Waals surface area (Å²) in [4.78, 5) is 0. The quantitative estimate of drug-likeness (QED) is 0.899. The van der Waals surface area contributed by atoms with Crippen LogP contribution >= 0.6 is 23.5 Å². The van der Waals surface area contributed by atoms with E-state index in [1.165, 1.54) is 33.9 Å². The van der Waals surface area contributed by atoms with Crippen LogP contribution in [-0.2, 0) is 6.54 Å². The molecule has 1 N–H and O–H groups in total. The number of hydrogen-bond acceptors (Lipinski definition) is 3. The third-order valence-electron chi connectivity index (χ3n) is 2.87. The average Bonchev–Trinajstić information content (AvgIpc) is 2.29. The minimum absolute atomic E-state index is 0.805. The van der Waals surface area contributed by atoms with Crippen molar-refractivity contribution in [1.29, 1.82) is 0 Å². The van der Waals surface area contributed by atoms with E-state index in [0.29, 0.717) is 0 Å². The predicted octanol–water partition coefficient (Wildman–Crippen LogP) is 3.24. The summed E-state index contributed by atoms with van der Waals surface area (Å²) < 4.78 is 0. The SMILES string of the molecule is Cc1cc(C)cc(CNCC2CSCCS2)c1. The molecule has 0 amide bonds. The van der Waals surface area contributed by atoms with Crippen LogP contribution in [0, 0.1) is 13.8 Å². The molecule has 0 bridgehead atoms. The van der Waals surface area contributed by atoms with Gasteiger partial charge in [-0.3, -0.25) is 0 Å². The summed E-state index contributed by atoms with van der Waals surface area (Å²) >= 11 is 4.21. The Bertz CT molecular complexity index is 339. The summed E-state index contributed by atoms with van der Waals surface area (Å²) in [6, 6.07) is 6.79. The summed E-state index contributed by atoms with van der Waals surface area (Å²) in [5.74, 6) is 3.96. The Hall–Kier alpha value is -0.120. The first-order chi connectivity index (χ1) is 8.24. The molecule has 0 aliphatic carbocycles. The van der Waals surface area contributed by atoms with Crippen molar-refractivity contribution in [2.45, 2.75) is 25.6 Å². The summed E-state index contributed by atoms with van der Waals surface area (Å²) in [5.41, 5.74) is 4.14. The average molecular weight is 267 g/mol. The Labute approximate surface area is 113 Å².